The molecule has 0 aliphatic carbocycles. The Morgan fingerprint density at radius 2 is 1.96 bits per heavy atom. The van der Waals surface area contributed by atoms with Gasteiger partial charge < -0.3 is 9.32 Å². The minimum Gasteiger partial charge on any atom is -0.411 e. The van der Waals surface area contributed by atoms with Crippen molar-refractivity contribution < 1.29 is 9.21 Å². The van der Waals surface area contributed by atoms with E-state index in [0.29, 0.717) is 22.7 Å². The van der Waals surface area contributed by atoms with Crippen LogP contribution in [0.5, 0.6) is 0 Å². The maximum Gasteiger partial charge on any atom is 0.277 e. The quantitative estimate of drug-likeness (QED) is 0.585. The Bertz CT molecular complexity index is 896. The van der Waals surface area contributed by atoms with Gasteiger partial charge in [-0.3, -0.25) is 4.79 Å². The first-order valence-corrected chi connectivity index (χ1v) is 9.39. The SMILES string of the molecule is Cc1cccc(-c2nnc(SCC(=O)N(C)Cc3ccc(Cl)cc3)o2)c1. The summed E-state index contributed by atoms with van der Waals surface area (Å²) in [5.74, 6) is 0.679. The molecule has 0 aliphatic heterocycles. The number of benzene rings is 2. The third-order valence-electron chi connectivity index (χ3n) is 3.75. The number of aryl methyl sites for hydroxylation is 1. The van der Waals surface area contributed by atoms with Crippen LogP contribution in [0.15, 0.2) is 58.2 Å². The van der Waals surface area contributed by atoms with Crippen molar-refractivity contribution in [3.05, 3.63) is 64.7 Å². The zero-order chi connectivity index (χ0) is 18.5. The molecule has 0 spiro atoms. The molecule has 1 amide bonds. The van der Waals surface area contributed by atoms with Crippen LogP contribution in [0, 0.1) is 6.92 Å². The third kappa shape index (κ3) is 4.86. The lowest BCUT2D eigenvalue weighted by atomic mass is 10.1. The van der Waals surface area contributed by atoms with Gasteiger partial charge in [-0.05, 0) is 36.8 Å². The van der Waals surface area contributed by atoms with Crippen molar-refractivity contribution in [2.24, 2.45) is 0 Å². The monoisotopic (exact) mass is 387 g/mol. The van der Waals surface area contributed by atoms with Gasteiger partial charge in [0.15, 0.2) is 0 Å². The summed E-state index contributed by atoms with van der Waals surface area (Å²) >= 11 is 7.11. The highest BCUT2D eigenvalue weighted by molar-refractivity contribution is 7.99. The number of amides is 1. The summed E-state index contributed by atoms with van der Waals surface area (Å²) in [5, 5.41) is 9.12. The van der Waals surface area contributed by atoms with E-state index in [0.717, 1.165) is 16.7 Å². The number of rotatable bonds is 6. The number of nitrogens with zero attached hydrogens (tertiary/aromatic N) is 3. The summed E-state index contributed by atoms with van der Waals surface area (Å²) in [5.41, 5.74) is 3.01. The zero-order valence-corrected chi connectivity index (χ0v) is 16.0. The smallest absolute Gasteiger partial charge is 0.277 e. The van der Waals surface area contributed by atoms with E-state index in [1.807, 2.05) is 55.5 Å². The first kappa shape index (κ1) is 18.5. The summed E-state index contributed by atoms with van der Waals surface area (Å²) in [6, 6.07) is 15.3. The fraction of sp³-hybridized carbons (Fsp3) is 0.211. The molecular weight excluding hydrogens is 370 g/mol. The van der Waals surface area contributed by atoms with Crippen molar-refractivity contribution in [2.75, 3.05) is 12.8 Å². The average molecular weight is 388 g/mol. The Kier molecular flexibility index (Phi) is 5.96. The number of hydrogen-bond donors (Lipinski definition) is 0. The number of hydrogen-bond acceptors (Lipinski definition) is 5. The molecule has 0 atom stereocenters. The van der Waals surface area contributed by atoms with E-state index in [4.69, 9.17) is 16.0 Å². The van der Waals surface area contributed by atoms with Crippen LogP contribution in [0.1, 0.15) is 11.1 Å². The molecular formula is C19H18ClN3O2S. The van der Waals surface area contributed by atoms with Gasteiger partial charge in [0, 0.05) is 24.2 Å². The van der Waals surface area contributed by atoms with E-state index in [1.54, 1.807) is 11.9 Å². The van der Waals surface area contributed by atoms with Crippen LogP contribution in [-0.2, 0) is 11.3 Å². The second kappa shape index (κ2) is 8.38. The highest BCUT2D eigenvalue weighted by Crippen LogP contribution is 2.24. The van der Waals surface area contributed by atoms with Crippen LogP contribution in [0.25, 0.3) is 11.5 Å². The number of thioether (sulfide) groups is 1. The number of halogens is 1. The van der Waals surface area contributed by atoms with Gasteiger partial charge in [0.05, 0.1) is 5.75 Å². The minimum absolute atomic E-state index is 0.0137. The summed E-state index contributed by atoms with van der Waals surface area (Å²) in [6.07, 6.45) is 0. The first-order valence-electron chi connectivity index (χ1n) is 8.03. The van der Waals surface area contributed by atoms with Gasteiger partial charge in [0.2, 0.25) is 11.8 Å². The van der Waals surface area contributed by atoms with Crippen molar-refractivity contribution in [3.63, 3.8) is 0 Å². The van der Waals surface area contributed by atoms with Crippen LogP contribution in [0.2, 0.25) is 5.02 Å². The molecule has 0 bridgehead atoms. The van der Waals surface area contributed by atoms with Gasteiger partial charge >= 0.3 is 0 Å². The van der Waals surface area contributed by atoms with E-state index >= 15 is 0 Å². The van der Waals surface area contributed by atoms with Crippen molar-refractivity contribution in [1.29, 1.82) is 0 Å². The molecule has 134 valence electrons. The molecule has 0 fully saturated rings. The van der Waals surface area contributed by atoms with Gasteiger partial charge in [-0.15, -0.1) is 10.2 Å². The highest BCUT2D eigenvalue weighted by Gasteiger charge is 2.14. The summed E-state index contributed by atoms with van der Waals surface area (Å²) in [4.78, 5) is 14.0. The van der Waals surface area contributed by atoms with Crippen molar-refractivity contribution in [3.8, 4) is 11.5 Å². The highest BCUT2D eigenvalue weighted by atomic mass is 35.5. The molecule has 2 aromatic carbocycles. The molecule has 0 aliphatic rings. The second-order valence-corrected chi connectivity index (χ2v) is 7.27. The van der Waals surface area contributed by atoms with Crippen molar-refractivity contribution in [2.45, 2.75) is 18.7 Å². The van der Waals surface area contributed by atoms with E-state index < -0.39 is 0 Å². The molecule has 7 heteroatoms. The van der Waals surface area contributed by atoms with Gasteiger partial charge in [0.25, 0.3) is 5.22 Å². The van der Waals surface area contributed by atoms with Gasteiger partial charge in [-0.2, -0.15) is 0 Å². The first-order chi connectivity index (χ1) is 12.5. The molecule has 5 nitrogen and oxygen atoms in total. The lowest BCUT2D eigenvalue weighted by molar-refractivity contribution is -0.127. The Morgan fingerprint density at radius 1 is 1.19 bits per heavy atom. The molecule has 1 heterocycles. The number of carbonyl (C=O) groups is 1. The predicted molar refractivity (Wildman–Crippen MR) is 103 cm³/mol. The predicted octanol–water partition coefficient (Wildman–Crippen LogP) is 4.45. The lowest BCUT2D eigenvalue weighted by Gasteiger charge is -2.16. The fourth-order valence-electron chi connectivity index (χ4n) is 2.35. The fourth-order valence-corrected chi connectivity index (χ4v) is 3.18. The second-order valence-electron chi connectivity index (χ2n) is 5.91. The summed E-state index contributed by atoms with van der Waals surface area (Å²) in [7, 11) is 1.77. The molecule has 0 N–H and O–H groups in total. The van der Waals surface area contributed by atoms with Crippen LogP contribution in [-0.4, -0.2) is 33.8 Å². The molecule has 0 unspecified atom stereocenters. The topological polar surface area (TPSA) is 59.2 Å². The summed E-state index contributed by atoms with van der Waals surface area (Å²) < 4.78 is 5.64. The van der Waals surface area contributed by atoms with Gasteiger partial charge in [-0.25, -0.2) is 0 Å². The molecule has 3 rings (SSSR count). The third-order valence-corrected chi connectivity index (χ3v) is 4.80. The number of aromatic nitrogens is 2. The van der Waals surface area contributed by atoms with Gasteiger partial charge in [-0.1, -0.05) is 53.2 Å². The molecule has 1 aromatic heterocycles. The summed E-state index contributed by atoms with van der Waals surface area (Å²) in [6.45, 7) is 2.53. The maximum absolute atomic E-state index is 12.3. The molecule has 0 saturated heterocycles. The Balaban J connectivity index is 1.55. The largest absolute Gasteiger partial charge is 0.411 e. The van der Waals surface area contributed by atoms with E-state index in [9.17, 15) is 4.79 Å². The van der Waals surface area contributed by atoms with Crippen molar-refractivity contribution in [1.82, 2.24) is 15.1 Å². The normalized spacial score (nSPS) is 10.7. The number of carbonyl (C=O) groups excluding carboxylic acids is 1. The van der Waals surface area contributed by atoms with Crippen LogP contribution in [0.3, 0.4) is 0 Å². The van der Waals surface area contributed by atoms with Crippen LogP contribution in [0.4, 0.5) is 0 Å². The lowest BCUT2D eigenvalue weighted by Crippen LogP contribution is -2.27. The van der Waals surface area contributed by atoms with E-state index in [2.05, 4.69) is 10.2 Å². The Morgan fingerprint density at radius 3 is 2.69 bits per heavy atom. The molecule has 3 aromatic rings. The zero-order valence-electron chi connectivity index (χ0n) is 14.5. The van der Waals surface area contributed by atoms with E-state index in [-0.39, 0.29) is 11.7 Å². The van der Waals surface area contributed by atoms with E-state index in [1.165, 1.54) is 11.8 Å². The standard InChI is InChI=1S/C19H18ClN3O2S/c1-13-4-3-5-15(10-13)18-21-22-19(25-18)26-12-17(24)23(2)11-14-6-8-16(20)9-7-14/h3-10H,11-12H2,1-2H3. The minimum atomic E-state index is -0.0137. The average Bonchev–Trinajstić information content (AvgIpc) is 3.10. The molecule has 0 saturated carbocycles. The van der Waals surface area contributed by atoms with Crippen LogP contribution < -0.4 is 0 Å². The molecule has 26 heavy (non-hydrogen) atoms. The van der Waals surface area contributed by atoms with Crippen molar-refractivity contribution >= 4 is 29.3 Å². The maximum atomic E-state index is 12.3. The Labute approximate surface area is 161 Å². The van der Waals surface area contributed by atoms with Crippen LogP contribution >= 0.6 is 23.4 Å². The van der Waals surface area contributed by atoms with Gasteiger partial charge in [0.1, 0.15) is 0 Å². The Hall–Kier alpha value is -2.31. The molecule has 0 radical (unpaired) electrons.